The molecule has 2 atom stereocenters. The second-order valence-corrected chi connectivity index (χ2v) is 9.52. The van der Waals surface area contributed by atoms with Crippen molar-refractivity contribution in [3.05, 3.63) is 102 Å². The van der Waals surface area contributed by atoms with Crippen LogP contribution >= 0.6 is 0 Å². The SMILES string of the molecule is O=C(c1cccc(OCc2ccccc2)c1)C1CC2CCCC(C1)N2C(=O)OCc1ccccc1. The minimum Gasteiger partial charge on any atom is -0.489 e. The third-order valence-electron chi connectivity index (χ3n) is 7.13. The molecule has 2 fully saturated rings. The smallest absolute Gasteiger partial charge is 0.410 e. The van der Waals surface area contributed by atoms with E-state index in [2.05, 4.69) is 0 Å². The molecule has 180 valence electrons. The molecule has 3 aromatic carbocycles. The first-order chi connectivity index (χ1) is 17.2. The zero-order chi connectivity index (χ0) is 24.0. The summed E-state index contributed by atoms with van der Waals surface area (Å²) < 4.78 is 11.6. The Morgan fingerprint density at radius 2 is 1.40 bits per heavy atom. The molecule has 2 aliphatic heterocycles. The molecule has 0 saturated carbocycles. The molecule has 0 aliphatic carbocycles. The number of ketones is 1. The normalized spacial score (nSPS) is 21.3. The van der Waals surface area contributed by atoms with Crippen molar-refractivity contribution in [2.75, 3.05) is 0 Å². The lowest BCUT2D eigenvalue weighted by molar-refractivity contribution is 0.00472. The summed E-state index contributed by atoms with van der Waals surface area (Å²) in [6, 6.07) is 27.3. The Morgan fingerprint density at radius 3 is 2.06 bits per heavy atom. The van der Waals surface area contributed by atoms with E-state index in [1.54, 1.807) is 0 Å². The van der Waals surface area contributed by atoms with E-state index in [0.29, 0.717) is 30.8 Å². The van der Waals surface area contributed by atoms with Crippen molar-refractivity contribution < 1.29 is 19.1 Å². The minimum atomic E-state index is -0.259. The number of carbonyl (C=O) groups is 2. The number of hydrogen-bond donors (Lipinski definition) is 0. The predicted octanol–water partition coefficient (Wildman–Crippen LogP) is 6.42. The number of nitrogens with zero attached hydrogens (tertiary/aromatic N) is 1. The van der Waals surface area contributed by atoms with Gasteiger partial charge in [-0.15, -0.1) is 0 Å². The zero-order valence-corrected chi connectivity index (χ0v) is 19.8. The van der Waals surface area contributed by atoms with Gasteiger partial charge in [0.05, 0.1) is 0 Å². The van der Waals surface area contributed by atoms with Crippen molar-refractivity contribution in [2.45, 2.75) is 57.4 Å². The van der Waals surface area contributed by atoms with E-state index in [0.717, 1.165) is 30.4 Å². The molecule has 2 bridgehead atoms. The second-order valence-electron chi connectivity index (χ2n) is 9.52. The van der Waals surface area contributed by atoms with Crippen LogP contribution in [0.3, 0.4) is 0 Å². The second kappa shape index (κ2) is 10.8. The molecule has 2 unspecified atom stereocenters. The van der Waals surface area contributed by atoms with Crippen molar-refractivity contribution in [1.29, 1.82) is 0 Å². The van der Waals surface area contributed by atoms with E-state index in [4.69, 9.17) is 9.47 Å². The van der Waals surface area contributed by atoms with E-state index in [1.165, 1.54) is 0 Å². The van der Waals surface area contributed by atoms with Gasteiger partial charge in [-0.05, 0) is 55.4 Å². The molecule has 2 aliphatic rings. The summed E-state index contributed by atoms with van der Waals surface area (Å²) in [5.74, 6) is 0.749. The van der Waals surface area contributed by atoms with Gasteiger partial charge in [0.25, 0.3) is 0 Å². The van der Waals surface area contributed by atoms with Crippen molar-refractivity contribution in [2.24, 2.45) is 5.92 Å². The Bertz CT molecular complexity index is 1130. The molecule has 35 heavy (non-hydrogen) atoms. The first kappa shape index (κ1) is 23.2. The van der Waals surface area contributed by atoms with Gasteiger partial charge in [0, 0.05) is 23.6 Å². The molecule has 0 spiro atoms. The quantitative estimate of drug-likeness (QED) is 0.375. The molecule has 1 amide bonds. The van der Waals surface area contributed by atoms with Crippen molar-refractivity contribution in [3.8, 4) is 5.75 Å². The number of carbonyl (C=O) groups excluding carboxylic acids is 2. The number of Topliss-reactive ketones (excluding diaryl/α,β-unsaturated/α-hetero) is 1. The Kier molecular flexibility index (Phi) is 7.12. The fraction of sp³-hybridized carbons (Fsp3) is 0.333. The number of amides is 1. The third kappa shape index (κ3) is 5.56. The summed E-state index contributed by atoms with van der Waals surface area (Å²) in [5.41, 5.74) is 2.74. The third-order valence-corrected chi connectivity index (χ3v) is 7.13. The molecule has 2 saturated heterocycles. The summed E-state index contributed by atoms with van der Waals surface area (Å²) in [6.07, 6.45) is 4.03. The first-order valence-electron chi connectivity index (χ1n) is 12.5. The van der Waals surface area contributed by atoms with Crippen molar-refractivity contribution in [3.63, 3.8) is 0 Å². The van der Waals surface area contributed by atoms with E-state index in [1.807, 2.05) is 89.8 Å². The van der Waals surface area contributed by atoms with Gasteiger partial charge in [-0.25, -0.2) is 4.79 Å². The van der Waals surface area contributed by atoms with Crippen LogP contribution in [0.25, 0.3) is 0 Å². The average molecular weight is 470 g/mol. The molecule has 5 heteroatoms. The van der Waals surface area contributed by atoms with Gasteiger partial charge in [-0.3, -0.25) is 4.79 Å². The maximum Gasteiger partial charge on any atom is 0.410 e. The van der Waals surface area contributed by atoms with Crippen molar-refractivity contribution >= 4 is 11.9 Å². The van der Waals surface area contributed by atoms with Gasteiger partial charge < -0.3 is 14.4 Å². The van der Waals surface area contributed by atoms with E-state index < -0.39 is 0 Å². The number of ether oxygens (including phenoxy) is 2. The van der Waals surface area contributed by atoms with Crippen LogP contribution in [-0.2, 0) is 18.0 Å². The van der Waals surface area contributed by atoms with Crippen LogP contribution in [0.2, 0.25) is 0 Å². The number of benzene rings is 3. The molecule has 0 aromatic heterocycles. The van der Waals surface area contributed by atoms with Crippen LogP contribution in [0.15, 0.2) is 84.9 Å². The van der Waals surface area contributed by atoms with Crippen LogP contribution in [0.4, 0.5) is 4.79 Å². The Labute approximate surface area is 206 Å². The predicted molar refractivity (Wildman–Crippen MR) is 134 cm³/mol. The van der Waals surface area contributed by atoms with Crippen LogP contribution in [0.1, 0.15) is 53.6 Å². The highest BCUT2D eigenvalue weighted by Gasteiger charge is 2.43. The van der Waals surface area contributed by atoms with Crippen LogP contribution in [0.5, 0.6) is 5.75 Å². The fourth-order valence-corrected chi connectivity index (χ4v) is 5.40. The molecule has 0 radical (unpaired) electrons. The van der Waals surface area contributed by atoms with E-state index in [-0.39, 0.29) is 36.5 Å². The summed E-state index contributed by atoms with van der Waals surface area (Å²) in [6.45, 7) is 0.736. The molecule has 2 heterocycles. The van der Waals surface area contributed by atoms with Gasteiger partial charge in [0.15, 0.2) is 5.78 Å². The van der Waals surface area contributed by atoms with Crippen LogP contribution < -0.4 is 4.74 Å². The zero-order valence-electron chi connectivity index (χ0n) is 19.8. The molecule has 3 aromatic rings. The van der Waals surface area contributed by atoms with Gasteiger partial charge in [-0.2, -0.15) is 0 Å². The van der Waals surface area contributed by atoms with Gasteiger partial charge >= 0.3 is 6.09 Å². The number of rotatable bonds is 7. The van der Waals surface area contributed by atoms with Gasteiger partial charge in [0.1, 0.15) is 19.0 Å². The van der Waals surface area contributed by atoms with Crippen LogP contribution in [0, 0.1) is 5.92 Å². The lowest BCUT2D eigenvalue weighted by atomic mass is 9.76. The number of hydrogen-bond acceptors (Lipinski definition) is 4. The highest BCUT2D eigenvalue weighted by molar-refractivity contribution is 5.98. The lowest BCUT2D eigenvalue weighted by Crippen LogP contribution is -2.55. The Balaban J connectivity index is 1.22. The summed E-state index contributed by atoms with van der Waals surface area (Å²) in [4.78, 5) is 28.3. The topological polar surface area (TPSA) is 55.8 Å². The number of piperidine rings is 2. The summed E-state index contributed by atoms with van der Waals surface area (Å²) in [7, 11) is 0. The van der Waals surface area contributed by atoms with Crippen LogP contribution in [-0.4, -0.2) is 28.9 Å². The largest absolute Gasteiger partial charge is 0.489 e. The first-order valence-corrected chi connectivity index (χ1v) is 12.5. The van der Waals surface area contributed by atoms with Gasteiger partial charge in [-0.1, -0.05) is 72.8 Å². The lowest BCUT2D eigenvalue weighted by Gasteiger charge is -2.47. The summed E-state index contributed by atoms with van der Waals surface area (Å²) in [5, 5.41) is 0. The monoisotopic (exact) mass is 469 g/mol. The van der Waals surface area contributed by atoms with E-state index in [9.17, 15) is 9.59 Å². The molecule has 5 nitrogen and oxygen atoms in total. The number of fused-ring (bicyclic) bond motifs is 2. The highest BCUT2D eigenvalue weighted by Crippen LogP contribution is 2.39. The fourth-order valence-electron chi connectivity index (χ4n) is 5.40. The van der Waals surface area contributed by atoms with E-state index >= 15 is 0 Å². The highest BCUT2D eigenvalue weighted by atomic mass is 16.6. The standard InChI is InChI=1S/C30H31NO4/c32-29(24-13-7-16-28(19-24)34-20-22-9-3-1-4-10-22)25-17-26-14-8-15-27(18-25)31(26)30(33)35-21-23-11-5-2-6-12-23/h1-7,9-13,16,19,25-27H,8,14-15,17-18,20-21H2. The molecular formula is C30H31NO4. The van der Waals surface area contributed by atoms with Crippen molar-refractivity contribution in [1.82, 2.24) is 4.90 Å². The maximum atomic E-state index is 13.5. The Hall–Kier alpha value is -3.60. The molecule has 0 N–H and O–H groups in total. The Morgan fingerprint density at radius 1 is 0.771 bits per heavy atom. The molecule has 5 rings (SSSR count). The molecular weight excluding hydrogens is 438 g/mol. The summed E-state index contributed by atoms with van der Waals surface area (Å²) >= 11 is 0. The minimum absolute atomic E-state index is 0.0530. The maximum absolute atomic E-state index is 13.5. The van der Waals surface area contributed by atoms with Gasteiger partial charge in [0.2, 0.25) is 0 Å². The average Bonchev–Trinajstić information content (AvgIpc) is 2.91.